The van der Waals surface area contributed by atoms with Crippen molar-refractivity contribution in [1.82, 2.24) is 9.97 Å². The van der Waals surface area contributed by atoms with E-state index in [9.17, 15) is 8.42 Å². The van der Waals surface area contributed by atoms with E-state index in [-0.39, 0.29) is 17.5 Å². The molecule has 2 N–H and O–H groups in total. The summed E-state index contributed by atoms with van der Waals surface area (Å²) < 4.78 is 22.7. The Morgan fingerprint density at radius 3 is 2.28 bits per heavy atom. The molecule has 18 heavy (non-hydrogen) atoms. The Morgan fingerprint density at radius 1 is 1.06 bits per heavy atom. The molecular weight excluding hydrogens is 252 g/mol. The first kappa shape index (κ1) is 11.7. The molecule has 7 heteroatoms. The quantitative estimate of drug-likeness (QED) is 0.834. The molecule has 1 unspecified atom stereocenters. The fourth-order valence-corrected chi connectivity index (χ4v) is 3.74. The molecule has 2 fully saturated rings. The van der Waals surface area contributed by atoms with Crippen LogP contribution in [0.25, 0.3) is 0 Å². The second-order valence-corrected chi connectivity index (χ2v) is 7.18. The molecule has 6 nitrogen and oxygen atoms in total. The summed E-state index contributed by atoms with van der Waals surface area (Å²) in [5.74, 6) is 1.96. The molecule has 0 spiro atoms. The van der Waals surface area contributed by atoms with Crippen molar-refractivity contribution in [3.63, 3.8) is 0 Å². The topological polar surface area (TPSA) is 84.0 Å². The van der Waals surface area contributed by atoms with Crippen LogP contribution in [0.5, 0.6) is 0 Å². The van der Waals surface area contributed by atoms with Gasteiger partial charge in [0.25, 0.3) is 0 Å². The van der Waals surface area contributed by atoms with Gasteiger partial charge in [0.1, 0.15) is 18.0 Å². The van der Waals surface area contributed by atoms with Crippen molar-refractivity contribution in [1.29, 1.82) is 0 Å². The van der Waals surface area contributed by atoms with Crippen LogP contribution in [0.2, 0.25) is 0 Å². The monoisotopic (exact) mass is 268 g/mol. The third kappa shape index (κ3) is 2.90. The molecule has 0 amide bonds. The average Bonchev–Trinajstić information content (AvgIpc) is 3.04. The third-order valence-corrected chi connectivity index (χ3v) is 4.95. The van der Waals surface area contributed by atoms with E-state index in [0.29, 0.717) is 18.3 Å². The standard InChI is InChI=1S/C11H16N4O2S/c16-18(17)4-3-9(6-18)15-11-5-10(12-7-13-11)14-8-1-2-8/h5,7-9H,1-4,6H2,(H2,12,13,14,15). The molecule has 0 bridgehead atoms. The third-order valence-electron chi connectivity index (χ3n) is 3.18. The molecule has 2 heterocycles. The van der Waals surface area contributed by atoms with Crippen molar-refractivity contribution in [3.05, 3.63) is 12.4 Å². The van der Waals surface area contributed by atoms with Crippen LogP contribution < -0.4 is 10.6 Å². The van der Waals surface area contributed by atoms with Crippen molar-refractivity contribution in [2.75, 3.05) is 22.1 Å². The number of anilines is 2. The lowest BCUT2D eigenvalue weighted by Gasteiger charge is -2.12. The zero-order chi connectivity index (χ0) is 12.6. The molecule has 1 saturated heterocycles. The predicted molar refractivity (Wildman–Crippen MR) is 69.4 cm³/mol. The van der Waals surface area contributed by atoms with Gasteiger partial charge in [0.2, 0.25) is 0 Å². The van der Waals surface area contributed by atoms with Gasteiger partial charge >= 0.3 is 0 Å². The van der Waals surface area contributed by atoms with E-state index in [2.05, 4.69) is 20.6 Å². The minimum Gasteiger partial charge on any atom is -0.367 e. The number of nitrogens with zero attached hydrogens (tertiary/aromatic N) is 2. The zero-order valence-electron chi connectivity index (χ0n) is 9.96. The van der Waals surface area contributed by atoms with Crippen LogP contribution in [0.1, 0.15) is 19.3 Å². The average molecular weight is 268 g/mol. The van der Waals surface area contributed by atoms with Crippen molar-refractivity contribution in [2.45, 2.75) is 31.3 Å². The van der Waals surface area contributed by atoms with Gasteiger partial charge in [0.05, 0.1) is 11.5 Å². The Bertz CT molecular complexity index is 542. The Labute approximate surface area is 106 Å². The molecule has 1 aromatic rings. The summed E-state index contributed by atoms with van der Waals surface area (Å²) in [4.78, 5) is 8.26. The number of aromatic nitrogens is 2. The van der Waals surface area contributed by atoms with E-state index < -0.39 is 9.84 Å². The summed E-state index contributed by atoms with van der Waals surface area (Å²) in [6.07, 6.45) is 4.52. The zero-order valence-corrected chi connectivity index (χ0v) is 10.8. The predicted octanol–water partition coefficient (Wildman–Crippen LogP) is 0.650. The van der Waals surface area contributed by atoms with Gasteiger partial charge in [-0.1, -0.05) is 0 Å². The van der Waals surface area contributed by atoms with Crippen LogP contribution >= 0.6 is 0 Å². The highest BCUT2D eigenvalue weighted by Crippen LogP contribution is 2.24. The molecule has 98 valence electrons. The fraction of sp³-hybridized carbons (Fsp3) is 0.636. The van der Waals surface area contributed by atoms with Gasteiger partial charge in [-0.25, -0.2) is 18.4 Å². The van der Waals surface area contributed by atoms with E-state index in [1.807, 2.05) is 6.07 Å². The molecule has 0 aromatic carbocycles. The minimum absolute atomic E-state index is 0.0290. The van der Waals surface area contributed by atoms with Gasteiger partial charge in [-0.15, -0.1) is 0 Å². The first-order chi connectivity index (χ1) is 8.61. The maximum atomic E-state index is 11.4. The normalized spacial score (nSPS) is 25.9. The molecule has 2 aliphatic rings. The Kier molecular flexibility index (Phi) is 2.85. The van der Waals surface area contributed by atoms with Crippen molar-refractivity contribution in [3.8, 4) is 0 Å². The highest BCUT2D eigenvalue weighted by Gasteiger charge is 2.28. The van der Waals surface area contributed by atoms with Crippen LogP contribution in [-0.2, 0) is 9.84 Å². The molecule has 1 atom stereocenters. The number of hydrogen-bond acceptors (Lipinski definition) is 6. The van der Waals surface area contributed by atoms with Crippen LogP contribution in [0.4, 0.5) is 11.6 Å². The maximum absolute atomic E-state index is 11.4. The van der Waals surface area contributed by atoms with Crippen molar-refractivity contribution < 1.29 is 8.42 Å². The fourth-order valence-electron chi connectivity index (χ4n) is 2.07. The SMILES string of the molecule is O=S1(=O)CCC(Nc2cc(NC3CC3)ncn2)C1. The number of sulfone groups is 1. The van der Waals surface area contributed by atoms with Gasteiger partial charge in [0.15, 0.2) is 9.84 Å². The first-order valence-electron chi connectivity index (χ1n) is 6.16. The Balaban J connectivity index is 1.65. The van der Waals surface area contributed by atoms with E-state index in [4.69, 9.17) is 0 Å². The van der Waals surface area contributed by atoms with E-state index in [0.717, 1.165) is 5.82 Å². The second kappa shape index (κ2) is 4.38. The summed E-state index contributed by atoms with van der Waals surface area (Å²) in [5.41, 5.74) is 0. The second-order valence-electron chi connectivity index (χ2n) is 4.95. The van der Waals surface area contributed by atoms with Gasteiger partial charge in [-0.05, 0) is 19.3 Å². The van der Waals surface area contributed by atoms with Crippen LogP contribution in [0, 0.1) is 0 Å². The summed E-state index contributed by atoms with van der Waals surface area (Å²) in [6.45, 7) is 0. The van der Waals surface area contributed by atoms with Gasteiger partial charge < -0.3 is 10.6 Å². The van der Waals surface area contributed by atoms with Gasteiger partial charge in [-0.3, -0.25) is 0 Å². The lowest BCUT2D eigenvalue weighted by atomic mass is 10.2. The minimum atomic E-state index is -2.86. The van der Waals surface area contributed by atoms with Gasteiger partial charge in [0, 0.05) is 18.2 Å². The number of hydrogen-bond donors (Lipinski definition) is 2. The summed E-state index contributed by atoms with van der Waals surface area (Å²) in [6, 6.07) is 2.35. The Hall–Kier alpha value is -1.37. The van der Waals surface area contributed by atoms with E-state index in [1.54, 1.807) is 0 Å². The van der Waals surface area contributed by atoms with E-state index >= 15 is 0 Å². The lowest BCUT2D eigenvalue weighted by molar-refractivity contribution is 0.602. The van der Waals surface area contributed by atoms with Crippen molar-refractivity contribution >= 4 is 21.5 Å². The molecule has 3 rings (SSSR count). The molecule has 1 aromatic heterocycles. The summed E-state index contributed by atoms with van der Waals surface area (Å²) in [5, 5.41) is 6.45. The van der Waals surface area contributed by atoms with Crippen molar-refractivity contribution in [2.24, 2.45) is 0 Å². The maximum Gasteiger partial charge on any atom is 0.152 e. The summed E-state index contributed by atoms with van der Waals surface area (Å²) in [7, 11) is -2.86. The van der Waals surface area contributed by atoms with Crippen LogP contribution in [0.15, 0.2) is 12.4 Å². The summed E-state index contributed by atoms with van der Waals surface area (Å²) >= 11 is 0. The highest BCUT2D eigenvalue weighted by molar-refractivity contribution is 7.91. The van der Waals surface area contributed by atoms with E-state index in [1.165, 1.54) is 19.2 Å². The molecule has 1 saturated carbocycles. The molecular formula is C11H16N4O2S. The number of rotatable bonds is 4. The first-order valence-corrected chi connectivity index (χ1v) is 7.98. The largest absolute Gasteiger partial charge is 0.367 e. The number of nitrogens with one attached hydrogen (secondary N) is 2. The molecule has 1 aliphatic heterocycles. The van der Waals surface area contributed by atoms with Crippen LogP contribution in [-0.4, -0.2) is 42.0 Å². The van der Waals surface area contributed by atoms with Crippen LogP contribution in [0.3, 0.4) is 0 Å². The van der Waals surface area contributed by atoms with Gasteiger partial charge in [-0.2, -0.15) is 0 Å². The molecule has 0 radical (unpaired) electrons. The highest BCUT2D eigenvalue weighted by atomic mass is 32.2. The lowest BCUT2D eigenvalue weighted by Crippen LogP contribution is -2.21. The Morgan fingerprint density at radius 2 is 1.72 bits per heavy atom. The molecule has 1 aliphatic carbocycles. The smallest absolute Gasteiger partial charge is 0.152 e.